The molecule has 0 radical (unpaired) electrons. The number of rotatable bonds is 6. The molecule has 0 aliphatic rings. The first-order chi connectivity index (χ1) is 9.75. The van der Waals surface area contributed by atoms with Gasteiger partial charge in [0.1, 0.15) is 5.75 Å². The number of nitrogens with one attached hydrogen (secondary N) is 1. The second-order valence-corrected chi connectivity index (χ2v) is 6.87. The van der Waals surface area contributed by atoms with Gasteiger partial charge in [0.25, 0.3) is 15.0 Å². The third kappa shape index (κ3) is 5.25. The number of nitriles is 1. The Labute approximate surface area is 128 Å². The summed E-state index contributed by atoms with van der Waals surface area (Å²) in [5, 5.41) is 10.9. The van der Waals surface area contributed by atoms with Gasteiger partial charge in [-0.1, -0.05) is 0 Å². The van der Waals surface area contributed by atoms with Crippen molar-refractivity contribution in [1.82, 2.24) is 5.32 Å². The van der Waals surface area contributed by atoms with Gasteiger partial charge in [-0.2, -0.15) is 5.26 Å². The monoisotopic (exact) mass is 330 g/mol. The second kappa shape index (κ2) is 7.29. The summed E-state index contributed by atoms with van der Waals surface area (Å²) in [7, 11) is 1.54. The average molecular weight is 331 g/mol. The molecule has 0 saturated heterocycles. The van der Waals surface area contributed by atoms with Crippen LogP contribution in [0, 0.1) is 25.2 Å². The van der Waals surface area contributed by atoms with Crippen LogP contribution in [-0.4, -0.2) is 27.5 Å². The van der Waals surface area contributed by atoms with Gasteiger partial charge < -0.3 is 10.1 Å². The summed E-state index contributed by atoms with van der Waals surface area (Å²) in [4.78, 5) is 11.5. The Morgan fingerprint density at radius 1 is 1.38 bits per heavy atom. The molecule has 0 aliphatic heterocycles. The molecule has 0 aliphatic carbocycles. The number of carbonyl (C=O) groups is 1. The van der Waals surface area contributed by atoms with Crippen LogP contribution in [-0.2, 0) is 13.8 Å². The van der Waals surface area contributed by atoms with Crippen LogP contribution in [0.3, 0.4) is 0 Å². The maximum absolute atomic E-state index is 11.4. The van der Waals surface area contributed by atoms with E-state index >= 15 is 0 Å². The van der Waals surface area contributed by atoms with Gasteiger partial charge in [-0.3, -0.25) is 4.79 Å². The van der Waals surface area contributed by atoms with E-state index in [0.29, 0.717) is 16.9 Å². The van der Waals surface area contributed by atoms with E-state index in [1.807, 2.05) is 6.07 Å². The molecule has 0 saturated carbocycles. The van der Waals surface area contributed by atoms with Gasteiger partial charge in [0.05, 0.1) is 17.4 Å². The predicted octanol–water partition coefficient (Wildman–Crippen LogP) is 1.64. The summed E-state index contributed by atoms with van der Waals surface area (Å²) < 4.78 is 28.2. The van der Waals surface area contributed by atoms with Gasteiger partial charge in [0.15, 0.2) is 6.61 Å². The summed E-state index contributed by atoms with van der Waals surface area (Å²) in [5.41, 5.74) is 0.898. The predicted molar refractivity (Wildman–Crippen MR) is 77.7 cm³/mol. The van der Waals surface area contributed by atoms with Crippen molar-refractivity contribution in [3.05, 3.63) is 23.3 Å². The second-order valence-electron chi connectivity index (χ2n) is 4.37. The van der Waals surface area contributed by atoms with Crippen LogP contribution in [0.5, 0.6) is 5.75 Å². The molecule has 8 heteroatoms. The van der Waals surface area contributed by atoms with E-state index in [2.05, 4.69) is 5.32 Å². The van der Waals surface area contributed by atoms with Crippen molar-refractivity contribution < 1.29 is 17.9 Å². The van der Waals surface area contributed by atoms with Crippen molar-refractivity contribution in [3.63, 3.8) is 0 Å². The largest absolute Gasteiger partial charge is 0.484 e. The molecule has 0 atom stereocenters. The van der Waals surface area contributed by atoms with E-state index in [4.69, 9.17) is 20.7 Å². The average Bonchev–Trinajstić information content (AvgIpc) is 2.34. The van der Waals surface area contributed by atoms with Gasteiger partial charge >= 0.3 is 0 Å². The van der Waals surface area contributed by atoms with Crippen molar-refractivity contribution in [2.24, 2.45) is 0 Å². The van der Waals surface area contributed by atoms with Crippen LogP contribution in [0.2, 0.25) is 0 Å². The molecule has 0 fully saturated rings. The molecule has 0 heterocycles. The van der Waals surface area contributed by atoms with Crippen LogP contribution in [0.4, 0.5) is 0 Å². The fourth-order valence-electron chi connectivity index (χ4n) is 1.84. The first kappa shape index (κ1) is 17.3. The van der Waals surface area contributed by atoms with Crippen molar-refractivity contribution >= 4 is 25.6 Å². The Kier molecular flexibility index (Phi) is 6.00. The van der Waals surface area contributed by atoms with Crippen molar-refractivity contribution in [2.75, 3.05) is 13.2 Å². The Bertz CT molecular complexity index is 657. The standard InChI is InChI=1S/C13H15ClN2O4S/c1-9-6-11(7-10(2)13(9)21(14,18)19)20-8-12(17)16-5-3-4-15/h6-7H,3,5,8H2,1-2H3,(H,16,17). The zero-order chi connectivity index (χ0) is 16.0. The van der Waals surface area contributed by atoms with E-state index < -0.39 is 9.05 Å². The summed E-state index contributed by atoms with van der Waals surface area (Å²) in [6, 6.07) is 4.92. The molecule has 0 unspecified atom stereocenters. The van der Waals surface area contributed by atoms with Gasteiger partial charge in [-0.05, 0) is 37.1 Å². The maximum atomic E-state index is 11.4. The first-order valence-corrected chi connectivity index (χ1v) is 8.39. The molecule has 1 rings (SSSR count). The summed E-state index contributed by atoms with van der Waals surface area (Å²) in [6.07, 6.45) is 0.228. The van der Waals surface area contributed by atoms with E-state index in [1.54, 1.807) is 13.8 Å². The number of aryl methyl sites for hydroxylation is 2. The molecule has 1 N–H and O–H groups in total. The van der Waals surface area contributed by atoms with E-state index in [9.17, 15) is 13.2 Å². The number of carbonyl (C=O) groups excluding carboxylic acids is 1. The van der Waals surface area contributed by atoms with Gasteiger partial charge in [0.2, 0.25) is 0 Å². The Balaban J connectivity index is 2.75. The zero-order valence-electron chi connectivity index (χ0n) is 11.6. The van der Waals surface area contributed by atoms with Crippen molar-refractivity contribution in [1.29, 1.82) is 5.26 Å². The molecule has 1 amide bonds. The highest BCUT2D eigenvalue weighted by atomic mass is 35.7. The molecule has 21 heavy (non-hydrogen) atoms. The fourth-order valence-corrected chi connectivity index (χ4v) is 3.45. The number of amides is 1. The quantitative estimate of drug-likeness (QED) is 0.631. The van der Waals surface area contributed by atoms with Crippen LogP contribution in [0.15, 0.2) is 17.0 Å². The minimum Gasteiger partial charge on any atom is -0.484 e. The molecule has 1 aromatic carbocycles. The Morgan fingerprint density at radius 3 is 2.43 bits per heavy atom. The lowest BCUT2D eigenvalue weighted by molar-refractivity contribution is -0.123. The highest BCUT2D eigenvalue weighted by Crippen LogP contribution is 2.28. The molecular weight excluding hydrogens is 316 g/mol. The normalized spacial score (nSPS) is 10.8. The Morgan fingerprint density at radius 2 is 1.95 bits per heavy atom. The minimum atomic E-state index is -3.82. The number of benzene rings is 1. The highest BCUT2D eigenvalue weighted by molar-refractivity contribution is 8.13. The molecule has 1 aromatic rings. The lowest BCUT2D eigenvalue weighted by Crippen LogP contribution is -2.29. The van der Waals surface area contributed by atoms with Crippen LogP contribution < -0.4 is 10.1 Å². The lowest BCUT2D eigenvalue weighted by atomic mass is 10.1. The van der Waals surface area contributed by atoms with Crippen LogP contribution in [0.25, 0.3) is 0 Å². The third-order valence-corrected chi connectivity index (χ3v) is 4.20. The number of halogens is 1. The SMILES string of the molecule is Cc1cc(OCC(=O)NCCC#N)cc(C)c1S(=O)(=O)Cl. The molecular formula is C13H15ClN2O4S. The maximum Gasteiger partial charge on any atom is 0.261 e. The van der Waals surface area contributed by atoms with Gasteiger partial charge in [-0.25, -0.2) is 8.42 Å². The van der Waals surface area contributed by atoms with Crippen molar-refractivity contribution in [3.8, 4) is 11.8 Å². The van der Waals surface area contributed by atoms with Crippen molar-refractivity contribution in [2.45, 2.75) is 25.2 Å². The Hall–Kier alpha value is -1.78. The number of nitrogens with zero attached hydrogens (tertiary/aromatic N) is 1. The fraction of sp³-hybridized carbons (Fsp3) is 0.385. The minimum absolute atomic E-state index is 0.0509. The molecule has 6 nitrogen and oxygen atoms in total. The third-order valence-electron chi connectivity index (χ3n) is 2.61. The van der Waals surface area contributed by atoms with Gasteiger partial charge in [-0.15, -0.1) is 0 Å². The number of hydrogen-bond donors (Lipinski definition) is 1. The molecule has 114 valence electrons. The summed E-state index contributed by atoms with van der Waals surface area (Å²) in [5.74, 6) is 0.0269. The van der Waals surface area contributed by atoms with E-state index in [1.165, 1.54) is 12.1 Å². The molecule has 0 bridgehead atoms. The smallest absolute Gasteiger partial charge is 0.261 e. The zero-order valence-corrected chi connectivity index (χ0v) is 13.2. The highest BCUT2D eigenvalue weighted by Gasteiger charge is 2.18. The topological polar surface area (TPSA) is 96.3 Å². The summed E-state index contributed by atoms with van der Waals surface area (Å²) >= 11 is 0. The number of ether oxygens (including phenoxy) is 1. The van der Waals surface area contributed by atoms with E-state index in [-0.39, 0.29) is 30.4 Å². The van der Waals surface area contributed by atoms with Crippen LogP contribution in [0.1, 0.15) is 17.5 Å². The first-order valence-electron chi connectivity index (χ1n) is 6.08. The van der Waals surface area contributed by atoms with E-state index in [0.717, 1.165) is 0 Å². The molecule has 0 spiro atoms. The van der Waals surface area contributed by atoms with Crippen LogP contribution >= 0.6 is 10.7 Å². The van der Waals surface area contributed by atoms with Gasteiger partial charge in [0, 0.05) is 17.2 Å². The lowest BCUT2D eigenvalue weighted by Gasteiger charge is -2.11. The summed E-state index contributed by atoms with van der Waals surface area (Å²) in [6.45, 7) is 3.25. The number of hydrogen-bond acceptors (Lipinski definition) is 5. The molecule has 0 aromatic heterocycles.